The molecule has 4 aliphatic heterocycles. The normalized spacial score (nSPS) is 14.0. The second-order valence-electron chi connectivity index (χ2n) is 14.9. The maximum atomic E-state index is 5.83. The van der Waals surface area contributed by atoms with E-state index in [1.165, 1.54) is 16.8 Å². The Morgan fingerprint density at radius 1 is 0.312 bits per heavy atom. The van der Waals surface area contributed by atoms with E-state index in [-0.39, 0.29) is 0 Å². The highest BCUT2D eigenvalue weighted by molar-refractivity contribution is 8.19. The van der Waals surface area contributed by atoms with E-state index in [4.69, 9.17) is 34.4 Å². The molecule has 4 aromatic carbocycles. The molecule has 8 bridgehead atoms. The molecule has 306 valence electrons. The summed E-state index contributed by atoms with van der Waals surface area (Å²) in [7, 11) is 0. The molecule has 5 aromatic heterocycles. The van der Waals surface area contributed by atoms with Crippen molar-refractivity contribution in [2.24, 2.45) is 0 Å². The number of nitrogens with zero attached hydrogens (tertiary/aromatic N) is 2. The summed E-state index contributed by atoms with van der Waals surface area (Å²) >= 11 is 25.6. The molecule has 0 radical (unpaired) electrons. The van der Waals surface area contributed by atoms with E-state index < -0.39 is 0 Å². The van der Waals surface area contributed by atoms with Gasteiger partial charge in [0.1, 0.15) is 6.28 Å². The van der Waals surface area contributed by atoms with Crippen molar-refractivity contribution in [2.45, 2.75) is 16.8 Å². The van der Waals surface area contributed by atoms with Gasteiger partial charge in [-0.05, 0) is 46.5 Å². The number of hydrogen-bond donors (Lipinski definition) is 2. The summed E-state index contributed by atoms with van der Waals surface area (Å²) in [5.41, 5.74) is 16.1. The first-order valence-corrected chi connectivity index (χ1v) is 27.4. The molecule has 0 saturated heterocycles. The fraction of sp³-hybridized carbons (Fsp3) is 0. The van der Waals surface area contributed by atoms with E-state index in [9.17, 15) is 0 Å². The molecular weight excluding hydrogens is 977 g/mol. The number of aromatic nitrogens is 4. The van der Waals surface area contributed by atoms with Crippen molar-refractivity contribution in [1.29, 1.82) is 0 Å². The highest BCUT2D eigenvalue weighted by Crippen LogP contribution is 2.63. The summed E-state index contributed by atoms with van der Waals surface area (Å²) in [5.74, 6) is 0. The topological polar surface area (TPSA) is 57.4 Å². The van der Waals surface area contributed by atoms with Crippen LogP contribution in [-0.2, 0) is 0 Å². The highest BCUT2D eigenvalue weighted by Gasteiger charge is 2.36. The van der Waals surface area contributed by atoms with Crippen LogP contribution in [0.2, 0.25) is 0 Å². The molecule has 0 amide bonds. The van der Waals surface area contributed by atoms with E-state index in [2.05, 4.69) is 156 Å². The van der Waals surface area contributed by atoms with Gasteiger partial charge < -0.3 is 9.97 Å². The van der Waals surface area contributed by atoms with Gasteiger partial charge in [0.05, 0.1) is 59.2 Å². The van der Waals surface area contributed by atoms with Crippen LogP contribution in [0.3, 0.4) is 0 Å². The van der Waals surface area contributed by atoms with Crippen molar-refractivity contribution in [2.75, 3.05) is 0 Å². The van der Waals surface area contributed by atoms with Crippen molar-refractivity contribution in [3.05, 3.63) is 175 Å². The lowest BCUT2D eigenvalue weighted by atomic mass is 10.0. The Kier molecular flexibility index (Phi) is 9.99. The average Bonchev–Trinajstić information content (AvgIpc) is 4.20. The third-order valence-electron chi connectivity index (χ3n) is 11.2. The predicted molar refractivity (Wildman–Crippen MR) is 286 cm³/mol. The van der Waals surface area contributed by atoms with Gasteiger partial charge in [-0.15, -0.1) is 45.3 Å². The fourth-order valence-electron chi connectivity index (χ4n) is 8.52. The summed E-state index contributed by atoms with van der Waals surface area (Å²) < 4.78 is 6.75. The van der Waals surface area contributed by atoms with Crippen LogP contribution in [0.15, 0.2) is 162 Å². The molecule has 9 heterocycles. The Morgan fingerprint density at radius 2 is 0.547 bits per heavy atom. The van der Waals surface area contributed by atoms with Gasteiger partial charge in [-0.3, -0.25) is 0 Å². The molecular formula is C50H26N4S10. The van der Waals surface area contributed by atoms with Crippen LogP contribution in [0.5, 0.6) is 0 Å². The Balaban J connectivity index is 1.25. The summed E-state index contributed by atoms with van der Waals surface area (Å²) in [5, 5.41) is 0. The Labute approximate surface area is 410 Å². The number of nitrogens with one attached hydrogen (secondary N) is 2. The monoisotopic (exact) mass is 1000 g/mol. The van der Waals surface area contributed by atoms with Crippen LogP contribution in [-0.4, -0.2) is 19.9 Å². The molecule has 0 aliphatic carbocycles. The zero-order valence-electron chi connectivity index (χ0n) is 32.8. The van der Waals surface area contributed by atoms with Crippen LogP contribution in [0.4, 0.5) is 0 Å². The van der Waals surface area contributed by atoms with Crippen LogP contribution in [0.1, 0.15) is 22.8 Å². The molecule has 2 N–H and O–H groups in total. The second kappa shape index (κ2) is 16.1. The van der Waals surface area contributed by atoms with Crippen molar-refractivity contribution in [3.8, 4) is 44.5 Å². The molecule has 0 unspecified atom stereocenters. The highest BCUT2D eigenvalue weighted by atomic mass is 32.2. The zero-order chi connectivity index (χ0) is 42.5. The van der Waals surface area contributed by atoms with E-state index in [0.29, 0.717) is 0 Å². The number of benzene rings is 4. The van der Waals surface area contributed by atoms with Crippen LogP contribution < -0.4 is 0 Å². The lowest BCUT2D eigenvalue weighted by Crippen LogP contribution is -1.91. The predicted octanol–water partition coefficient (Wildman–Crippen LogP) is 18.1. The maximum Gasteiger partial charge on any atom is 0.145 e. The van der Waals surface area contributed by atoms with Crippen molar-refractivity contribution >= 4 is 159 Å². The van der Waals surface area contributed by atoms with Gasteiger partial charge in [0, 0.05) is 44.3 Å². The van der Waals surface area contributed by atoms with Crippen molar-refractivity contribution in [3.63, 3.8) is 0 Å². The number of H-pyrrole nitrogens is 2. The summed E-state index contributed by atoms with van der Waals surface area (Å²) in [6.45, 7) is 0. The molecule has 0 saturated carbocycles. The number of fused-ring (bicyclic) bond motifs is 14. The number of thioether (sulfide) groups is 4. The van der Waals surface area contributed by atoms with E-state index in [0.717, 1.165) is 115 Å². The molecule has 0 atom stereocenters. The van der Waals surface area contributed by atoms with Gasteiger partial charge in [0.2, 0.25) is 0 Å². The van der Waals surface area contributed by atoms with E-state index >= 15 is 0 Å². The summed E-state index contributed by atoms with van der Waals surface area (Å²) in [6, 6.07) is 51.6. The van der Waals surface area contributed by atoms with E-state index in [1.54, 1.807) is 92.4 Å². The fourth-order valence-corrected chi connectivity index (χ4v) is 21.0. The Hall–Kier alpha value is -4.58. The summed E-state index contributed by atoms with van der Waals surface area (Å²) in [6.07, 6.45) is 0. The van der Waals surface area contributed by atoms with Crippen molar-refractivity contribution in [1.82, 2.24) is 19.9 Å². The zero-order valence-corrected chi connectivity index (χ0v) is 41.0. The first-order valence-electron chi connectivity index (χ1n) is 20.0. The lowest BCUT2D eigenvalue weighted by molar-refractivity contribution is 1.31. The molecule has 4 aliphatic rings. The largest absolute Gasteiger partial charge is 0.354 e. The minimum atomic E-state index is 0.930. The third-order valence-corrected chi connectivity index (χ3v) is 22.7. The van der Waals surface area contributed by atoms with Gasteiger partial charge in [-0.2, -0.15) is 0 Å². The van der Waals surface area contributed by atoms with Crippen LogP contribution >= 0.6 is 117 Å². The second-order valence-corrected chi connectivity index (χ2v) is 26.5. The maximum absolute atomic E-state index is 5.83. The Morgan fingerprint density at radius 3 is 0.781 bits per heavy atom. The first kappa shape index (κ1) is 39.8. The van der Waals surface area contributed by atoms with E-state index in [1.807, 2.05) is 0 Å². The average molecular weight is 1000 g/mol. The first-order chi connectivity index (χ1) is 31.5. The molecule has 13 rings (SSSR count). The Bertz CT molecular complexity index is 3280. The van der Waals surface area contributed by atoms with Crippen LogP contribution in [0, 0.1) is 6.28 Å². The van der Waals surface area contributed by atoms with Crippen LogP contribution in [0.25, 0.3) is 86.2 Å². The smallest absolute Gasteiger partial charge is 0.145 e. The standard InChI is InChI=1S/C50H26N4S10/c55-49-61-45-46(62-49)58-42-38-35(27-17-9-3-10-18-27)31-23-24-32(52-31)36(28-19-11-4-12-20-28)40-44-43(59-47-48(60-44)64-50(56)63-47)39(54-40)34(26-15-7-2-8-16-26)30-22-21-29(51-30)33(25-13-5-1-6-14-25)37(53-38)41(42)57-45/h1-24,51-52H. The molecule has 14 heteroatoms. The van der Waals surface area contributed by atoms with Gasteiger partial charge in [-0.1, -0.05) is 193 Å². The van der Waals surface area contributed by atoms with Crippen molar-refractivity contribution < 1.29 is 0 Å². The number of hydrogen-bond acceptors (Lipinski definition) is 12. The van der Waals surface area contributed by atoms with Gasteiger partial charge in [0.25, 0.3) is 0 Å². The minimum absolute atomic E-state index is 0.930. The number of aromatic amines is 2. The molecule has 9 aromatic rings. The minimum Gasteiger partial charge on any atom is -0.354 e. The molecule has 0 fully saturated rings. The van der Waals surface area contributed by atoms with Gasteiger partial charge in [-0.25, -0.2) is 9.97 Å². The quantitative estimate of drug-likeness (QED) is 0.169. The number of rotatable bonds is 4. The SMILES string of the molecule is S=c1sc2c(s1)SC1=C(S2)c2nc1c(-c1ccccc1)c1ccc([nH]1)c(-c1ccccc1)c1nc(c(-c3ccccc3)c3ccc([nH]3)c2-c2ccccc2)C2=C1Sc1sc(=S)sc1S2. The molecule has 0 spiro atoms. The summed E-state index contributed by atoms with van der Waals surface area (Å²) in [4.78, 5) is 24.2. The lowest BCUT2D eigenvalue weighted by Gasteiger charge is -2.16. The van der Waals surface area contributed by atoms with Gasteiger partial charge in [0.15, 0.2) is 0 Å². The molecule has 64 heavy (non-hydrogen) atoms. The molecule has 4 nitrogen and oxygen atoms in total. The third kappa shape index (κ3) is 6.68. The van der Waals surface area contributed by atoms with Gasteiger partial charge >= 0.3 is 0 Å².